The third-order valence-corrected chi connectivity index (χ3v) is 3.21. The van der Waals surface area contributed by atoms with E-state index in [2.05, 4.69) is 17.2 Å². The number of hydrogen-bond acceptors (Lipinski definition) is 4. The molecule has 0 saturated heterocycles. The predicted molar refractivity (Wildman–Crippen MR) is 76.4 cm³/mol. The summed E-state index contributed by atoms with van der Waals surface area (Å²) < 4.78 is 0. The Labute approximate surface area is 113 Å². The van der Waals surface area contributed by atoms with E-state index < -0.39 is 6.04 Å². The fourth-order valence-electron chi connectivity index (χ4n) is 1.08. The molecule has 18 heavy (non-hydrogen) atoms. The molecule has 0 unspecified atom stereocenters. The highest BCUT2D eigenvalue weighted by Crippen LogP contribution is 1.98. The van der Waals surface area contributed by atoms with E-state index in [1.807, 2.05) is 19.9 Å². The second kappa shape index (κ2) is 9.96. The van der Waals surface area contributed by atoms with Crippen LogP contribution in [0.4, 0.5) is 0 Å². The molecule has 0 rings (SSSR count). The van der Waals surface area contributed by atoms with Crippen LogP contribution in [0, 0.1) is 5.92 Å². The van der Waals surface area contributed by atoms with E-state index in [1.165, 1.54) is 0 Å². The number of amides is 2. The number of carbonyl (C=O) groups is 2. The van der Waals surface area contributed by atoms with Crippen molar-refractivity contribution in [3.05, 3.63) is 12.7 Å². The van der Waals surface area contributed by atoms with Gasteiger partial charge in [0.05, 0.1) is 12.6 Å². The summed E-state index contributed by atoms with van der Waals surface area (Å²) in [6, 6.07) is -0.569. The average molecular weight is 273 g/mol. The Bertz CT molecular complexity index is 282. The van der Waals surface area contributed by atoms with Crippen molar-refractivity contribution in [3.63, 3.8) is 0 Å². The van der Waals surface area contributed by atoms with Crippen molar-refractivity contribution in [3.8, 4) is 0 Å². The zero-order valence-corrected chi connectivity index (χ0v) is 11.9. The zero-order valence-electron chi connectivity index (χ0n) is 11.1. The van der Waals surface area contributed by atoms with Crippen LogP contribution in [0.3, 0.4) is 0 Å². The molecule has 0 aromatic heterocycles. The van der Waals surface area contributed by atoms with Crippen LogP contribution in [0.1, 0.15) is 13.8 Å². The number of hydrogen-bond donors (Lipinski definition) is 3. The molecule has 0 aliphatic rings. The quantitative estimate of drug-likeness (QED) is 0.411. The average Bonchev–Trinajstić information content (AvgIpc) is 2.34. The Kier molecular flexibility index (Phi) is 9.40. The summed E-state index contributed by atoms with van der Waals surface area (Å²) in [6.07, 6.45) is 1.82. The first-order valence-electron chi connectivity index (χ1n) is 5.97. The Balaban J connectivity index is 3.64. The zero-order chi connectivity index (χ0) is 14.0. The van der Waals surface area contributed by atoms with Gasteiger partial charge in [-0.1, -0.05) is 19.9 Å². The van der Waals surface area contributed by atoms with Crippen LogP contribution >= 0.6 is 11.8 Å². The Morgan fingerprint density at radius 3 is 2.61 bits per heavy atom. The molecule has 0 bridgehead atoms. The lowest BCUT2D eigenvalue weighted by atomic mass is 10.1. The van der Waals surface area contributed by atoms with Gasteiger partial charge in [-0.2, -0.15) is 11.8 Å². The van der Waals surface area contributed by atoms with Gasteiger partial charge in [0.2, 0.25) is 11.8 Å². The highest BCUT2D eigenvalue weighted by Gasteiger charge is 2.17. The summed E-state index contributed by atoms with van der Waals surface area (Å²) in [5, 5.41) is 5.23. The van der Waals surface area contributed by atoms with Gasteiger partial charge in [-0.25, -0.2) is 0 Å². The van der Waals surface area contributed by atoms with Crippen LogP contribution in [-0.4, -0.2) is 42.5 Å². The van der Waals surface area contributed by atoms with Crippen LogP contribution in [0.25, 0.3) is 0 Å². The molecule has 1 atom stereocenters. The highest BCUT2D eigenvalue weighted by atomic mass is 32.2. The second-order valence-electron chi connectivity index (χ2n) is 4.20. The Hall–Kier alpha value is -1.01. The first-order chi connectivity index (χ1) is 8.49. The molecule has 0 aromatic carbocycles. The minimum Gasteiger partial charge on any atom is -0.354 e. The van der Waals surface area contributed by atoms with E-state index in [0.29, 0.717) is 6.54 Å². The fourth-order valence-corrected chi connectivity index (χ4v) is 1.66. The maximum absolute atomic E-state index is 11.5. The molecule has 0 fully saturated rings. The summed E-state index contributed by atoms with van der Waals surface area (Å²) in [5.41, 5.74) is 5.64. The van der Waals surface area contributed by atoms with Gasteiger partial charge in [0.25, 0.3) is 0 Å². The van der Waals surface area contributed by atoms with Gasteiger partial charge in [-0.3, -0.25) is 9.59 Å². The molecule has 0 aliphatic carbocycles. The maximum Gasteiger partial charge on any atom is 0.239 e. The van der Waals surface area contributed by atoms with Gasteiger partial charge in [0.15, 0.2) is 0 Å². The molecule has 5 nitrogen and oxygen atoms in total. The van der Waals surface area contributed by atoms with Crippen LogP contribution < -0.4 is 16.4 Å². The lowest BCUT2D eigenvalue weighted by molar-refractivity contribution is -0.127. The van der Waals surface area contributed by atoms with E-state index in [0.717, 1.165) is 11.5 Å². The number of thioether (sulfide) groups is 1. The summed E-state index contributed by atoms with van der Waals surface area (Å²) in [7, 11) is 0. The minimum absolute atomic E-state index is 0.0224. The third kappa shape index (κ3) is 8.14. The number of rotatable bonds is 9. The molecule has 0 saturated carbocycles. The normalized spacial score (nSPS) is 12.0. The molecule has 104 valence electrons. The van der Waals surface area contributed by atoms with Crippen molar-refractivity contribution in [2.24, 2.45) is 11.7 Å². The Morgan fingerprint density at radius 2 is 2.06 bits per heavy atom. The van der Waals surface area contributed by atoms with E-state index in [-0.39, 0.29) is 24.3 Å². The smallest absolute Gasteiger partial charge is 0.239 e. The number of carbonyl (C=O) groups excluding carboxylic acids is 2. The van der Waals surface area contributed by atoms with Crippen molar-refractivity contribution >= 4 is 23.6 Å². The molecule has 6 heteroatoms. The van der Waals surface area contributed by atoms with Gasteiger partial charge in [-0.05, 0) is 5.92 Å². The lowest BCUT2D eigenvalue weighted by Gasteiger charge is -2.15. The molecule has 0 aromatic rings. The number of nitrogens with two attached hydrogens (primary N) is 1. The SMILES string of the molecule is C=CCSCCNC(=O)CNC(=O)[C@@H](N)C(C)C. The highest BCUT2D eigenvalue weighted by molar-refractivity contribution is 7.99. The van der Waals surface area contributed by atoms with E-state index in [1.54, 1.807) is 11.8 Å². The van der Waals surface area contributed by atoms with Crippen LogP contribution in [0.15, 0.2) is 12.7 Å². The topological polar surface area (TPSA) is 84.2 Å². The molecule has 0 aliphatic heterocycles. The lowest BCUT2D eigenvalue weighted by Crippen LogP contribution is -2.47. The second-order valence-corrected chi connectivity index (χ2v) is 5.35. The summed E-state index contributed by atoms with van der Waals surface area (Å²) in [6.45, 7) is 7.89. The fraction of sp³-hybridized carbons (Fsp3) is 0.667. The Morgan fingerprint density at radius 1 is 1.39 bits per heavy atom. The number of nitrogens with one attached hydrogen (secondary N) is 2. The first-order valence-corrected chi connectivity index (χ1v) is 7.13. The predicted octanol–water partition coefficient (Wildman–Crippen LogP) is 0.121. The molecule has 2 amide bonds. The summed E-state index contributed by atoms with van der Waals surface area (Å²) >= 11 is 1.69. The van der Waals surface area contributed by atoms with Gasteiger partial charge in [0.1, 0.15) is 0 Å². The standard InChI is InChI=1S/C12H23N3O2S/c1-4-6-18-7-5-14-10(16)8-15-12(17)11(13)9(2)3/h4,9,11H,1,5-8,13H2,2-3H3,(H,14,16)(H,15,17)/t11-/m0/s1. The van der Waals surface area contributed by atoms with Crippen molar-refractivity contribution in [2.45, 2.75) is 19.9 Å². The monoisotopic (exact) mass is 273 g/mol. The van der Waals surface area contributed by atoms with E-state index in [9.17, 15) is 9.59 Å². The van der Waals surface area contributed by atoms with Crippen molar-refractivity contribution < 1.29 is 9.59 Å². The van der Waals surface area contributed by atoms with Gasteiger partial charge in [-0.15, -0.1) is 6.58 Å². The molecule has 4 N–H and O–H groups in total. The van der Waals surface area contributed by atoms with Crippen molar-refractivity contribution in [1.29, 1.82) is 0 Å². The van der Waals surface area contributed by atoms with Crippen LogP contribution in [-0.2, 0) is 9.59 Å². The van der Waals surface area contributed by atoms with E-state index in [4.69, 9.17) is 5.73 Å². The summed E-state index contributed by atoms with van der Waals surface area (Å²) in [5.74, 6) is 1.27. The van der Waals surface area contributed by atoms with Gasteiger partial charge >= 0.3 is 0 Å². The molecular weight excluding hydrogens is 250 g/mol. The van der Waals surface area contributed by atoms with Gasteiger partial charge in [0, 0.05) is 18.1 Å². The molecular formula is C12H23N3O2S. The van der Waals surface area contributed by atoms with Crippen LogP contribution in [0.5, 0.6) is 0 Å². The molecule has 0 radical (unpaired) electrons. The maximum atomic E-state index is 11.5. The van der Waals surface area contributed by atoms with Crippen LogP contribution in [0.2, 0.25) is 0 Å². The molecule has 0 spiro atoms. The largest absolute Gasteiger partial charge is 0.354 e. The minimum atomic E-state index is -0.569. The molecule has 0 heterocycles. The van der Waals surface area contributed by atoms with Gasteiger partial charge < -0.3 is 16.4 Å². The van der Waals surface area contributed by atoms with Crippen molar-refractivity contribution in [2.75, 3.05) is 24.6 Å². The summed E-state index contributed by atoms with van der Waals surface area (Å²) in [4.78, 5) is 22.8. The third-order valence-electron chi connectivity index (χ3n) is 2.25. The van der Waals surface area contributed by atoms with E-state index >= 15 is 0 Å². The van der Waals surface area contributed by atoms with Crippen molar-refractivity contribution in [1.82, 2.24) is 10.6 Å². The first kappa shape index (κ1) is 17.0.